The molecule has 2 heteroatoms. The molecule has 110 valence electrons. The summed E-state index contributed by atoms with van der Waals surface area (Å²) in [5.41, 5.74) is 3.13. The van der Waals surface area contributed by atoms with E-state index in [0.29, 0.717) is 0 Å². The zero-order valence-corrected chi connectivity index (χ0v) is 13.1. The van der Waals surface area contributed by atoms with Crippen LogP contribution < -0.4 is 9.47 Å². The predicted molar refractivity (Wildman–Crippen MR) is 85.3 cm³/mol. The van der Waals surface area contributed by atoms with Gasteiger partial charge >= 0.3 is 0 Å². The first-order valence-corrected chi connectivity index (χ1v) is 7.32. The molecule has 0 amide bonds. The van der Waals surface area contributed by atoms with Crippen LogP contribution in [0.1, 0.15) is 31.4 Å². The van der Waals surface area contributed by atoms with Crippen molar-refractivity contribution in [3.63, 3.8) is 0 Å². The molecule has 0 spiro atoms. The summed E-state index contributed by atoms with van der Waals surface area (Å²) in [7, 11) is 3.41. The van der Waals surface area contributed by atoms with Gasteiger partial charge in [-0.15, -0.1) is 0 Å². The van der Waals surface area contributed by atoms with E-state index >= 15 is 0 Å². The van der Waals surface area contributed by atoms with Crippen LogP contribution in [-0.4, -0.2) is 14.2 Å². The number of methoxy groups -OCH3 is 2. The van der Waals surface area contributed by atoms with Crippen LogP contribution in [0.25, 0.3) is 0 Å². The van der Waals surface area contributed by atoms with Gasteiger partial charge in [-0.1, -0.05) is 38.1 Å². The highest BCUT2D eigenvalue weighted by molar-refractivity contribution is 5.49. The first kappa shape index (κ1) is 14.0. The minimum atomic E-state index is 0.188. The molecule has 0 saturated heterocycles. The molecular weight excluding hydrogens is 260 g/mol. The van der Waals surface area contributed by atoms with Crippen molar-refractivity contribution in [3.05, 3.63) is 59.7 Å². The Morgan fingerprint density at radius 1 is 0.667 bits per heavy atom. The Bertz CT molecular complexity index is 572. The SMILES string of the molecule is COc1ccc(C2(C)CC2(C)c2ccc(OC)cc2)cc1. The molecule has 1 fully saturated rings. The van der Waals surface area contributed by atoms with Crippen molar-refractivity contribution in [2.75, 3.05) is 14.2 Å². The third-order valence-electron chi connectivity index (χ3n) is 5.25. The molecule has 2 unspecified atom stereocenters. The van der Waals surface area contributed by atoms with E-state index in [1.54, 1.807) is 14.2 Å². The van der Waals surface area contributed by atoms with Gasteiger partial charge in [-0.3, -0.25) is 0 Å². The van der Waals surface area contributed by atoms with Gasteiger partial charge in [0, 0.05) is 10.8 Å². The van der Waals surface area contributed by atoms with E-state index in [1.807, 2.05) is 24.3 Å². The van der Waals surface area contributed by atoms with Crippen molar-refractivity contribution in [1.82, 2.24) is 0 Å². The normalized spacial score (nSPS) is 27.2. The number of rotatable bonds is 4. The zero-order chi connectivity index (χ0) is 15.1. The lowest BCUT2D eigenvalue weighted by atomic mass is 9.84. The fourth-order valence-corrected chi connectivity index (χ4v) is 3.42. The zero-order valence-electron chi connectivity index (χ0n) is 13.1. The summed E-state index contributed by atoms with van der Waals surface area (Å²) in [4.78, 5) is 0. The highest BCUT2D eigenvalue weighted by Crippen LogP contribution is 2.65. The molecule has 1 aliphatic rings. The molecular formula is C19H22O2. The maximum absolute atomic E-state index is 5.25. The second-order valence-electron chi connectivity index (χ2n) is 6.30. The van der Waals surface area contributed by atoms with Crippen LogP contribution in [-0.2, 0) is 10.8 Å². The van der Waals surface area contributed by atoms with E-state index in [-0.39, 0.29) is 10.8 Å². The highest BCUT2D eigenvalue weighted by atomic mass is 16.5. The first-order chi connectivity index (χ1) is 10.0. The third-order valence-corrected chi connectivity index (χ3v) is 5.25. The van der Waals surface area contributed by atoms with Crippen molar-refractivity contribution < 1.29 is 9.47 Å². The second-order valence-corrected chi connectivity index (χ2v) is 6.30. The van der Waals surface area contributed by atoms with Gasteiger partial charge < -0.3 is 9.47 Å². The molecule has 3 rings (SSSR count). The molecule has 2 nitrogen and oxygen atoms in total. The van der Waals surface area contributed by atoms with Crippen LogP contribution in [0.15, 0.2) is 48.5 Å². The lowest BCUT2D eigenvalue weighted by Crippen LogP contribution is -2.16. The largest absolute Gasteiger partial charge is 0.497 e. The summed E-state index contributed by atoms with van der Waals surface area (Å²) in [5.74, 6) is 1.82. The topological polar surface area (TPSA) is 18.5 Å². The van der Waals surface area contributed by atoms with Crippen LogP contribution in [0.2, 0.25) is 0 Å². The van der Waals surface area contributed by atoms with Gasteiger partial charge in [-0.05, 0) is 41.8 Å². The highest BCUT2D eigenvalue weighted by Gasteiger charge is 2.62. The lowest BCUT2D eigenvalue weighted by Gasteiger charge is -2.20. The average Bonchev–Trinajstić information content (AvgIpc) is 3.12. The van der Waals surface area contributed by atoms with Crippen molar-refractivity contribution in [1.29, 1.82) is 0 Å². The Morgan fingerprint density at radius 3 is 1.29 bits per heavy atom. The predicted octanol–water partition coefficient (Wildman–Crippen LogP) is 4.32. The van der Waals surface area contributed by atoms with Gasteiger partial charge in [0.1, 0.15) is 11.5 Å². The maximum Gasteiger partial charge on any atom is 0.118 e. The van der Waals surface area contributed by atoms with E-state index in [9.17, 15) is 0 Å². The van der Waals surface area contributed by atoms with Crippen LogP contribution in [0.3, 0.4) is 0 Å². The molecule has 2 aromatic carbocycles. The number of ether oxygens (including phenoxy) is 2. The molecule has 1 saturated carbocycles. The smallest absolute Gasteiger partial charge is 0.118 e. The van der Waals surface area contributed by atoms with Gasteiger partial charge in [0.25, 0.3) is 0 Å². The first-order valence-electron chi connectivity index (χ1n) is 7.32. The molecule has 0 aliphatic heterocycles. The summed E-state index contributed by atoms with van der Waals surface area (Å²) in [6.45, 7) is 4.69. The van der Waals surface area contributed by atoms with Crippen molar-refractivity contribution in [2.45, 2.75) is 31.1 Å². The average molecular weight is 282 g/mol. The van der Waals surface area contributed by atoms with Crippen molar-refractivity contribution in [2.24, 2.45) is 0 Å². The molecule has 1 aliphatic carbocycles. The van der Waals surface area contributed by atoms with Crippen LogP contribution in [0, 0.1) is 0 Å². The quantitative estimate of drug-likeness (QED) is 0.831. The van der Waals surface area contributed by atoms with E-state index in [2.05, 4.69) is 38.1 Å². The Morgan fingerprint density at radius 2 is 1.00 bits per heavy atom. The molecule has 2 atom stereocenters. The lowest BCUT2D eigenvalue weighted by molar-refractivity contribution is 0.414. The Labute approximate surface area is 126 Å². The molecule has 0 aromatic heterocycles. The standard InChI is InChI=1S/C19H22O2/c1-18(14-5-9-16(20-3)10-6-14)13-19(18,2)15-7-11-17(21-4)12-8-15/h5-12H,13H2,1-4H3. The molecule has 0 N–H and O–H groups in total. The van der Waals surface area contributed by atoms with E-state index in [4.69, 9.17) is 9.47 Å². The number of benzene rings is 2. The Kier molecular flexibility index (Phi) is 3.20. The third kappa shape index (κ3) is 2.10. The van der Waals surface area contributed by atoms with Gasteiger partial charge in [-0.2, -0.15) is 0 Å². The van der Waals surface area contributed by atoms with Crippen LogP contribution in [0.5, 0.6) is 11.5 Å². The van der Waals surface area contributed by atoms with Crippen molar-refractivity contribution in [3.8, 4) is 11.5 Å². The molecule has 0 radical (unpaired) electrons. The minimum absolute atomic E-state index is 0.188. The number of hydrogen-bond donors (Lipinski definition) is 0. The molecule has 0 bridgehead atoms. The fraction of sp³-hybridized carbons (Fsp3) is 0.368. The summed E-state index contributed by atoms with van der Waals surface area (Å²) in [6, 6.07) is 16.9. The summed E-state index contributed by atoms with van der Waals surface area (Å²) in [5, 5.41) is 0. The van der Waals surface area contributed by atoms with E-state index in [1.165, 1.54) is 17.5 Å². The molecule has 2 aromatic rings. The Balaban J connectivity index is 1.89. The van der Waals surface area contributed by atoms with Gasteiger partial charge in [0.05, 0.1) is 14.2 Å². The van der Waals surface area contributed by atoms with Gasteiger partial charge in [0.15, 0.2) is 0 Å². The van der Waals surface area contributed by atoms with Crippen LogP contribution >= 0.6 is 0 Å². The van der Waals surface area contributed by atoms with E-state index < -0.39 is 0 Å². The van der Waals surface area contributed by atoms with Gasteiger partial charge in [-0.25, -0.2) is 0 Å². The number of hydrogen-bond acceptors (Lipinski definition) is 2. The summed E-state index contributed by atoms with van der Waals surface area (Å²) >= 11 is 0. The Hall–Kier alpha value is -1.96. The van der Waals surface area contributed by atoms with Gasteiger partial charge in [0.2, 0.25) is 0 Å². The summed E-state index contributed by atoms with van der Waals surface area (Å²) in [6.07, 6.45) is 1.17. The maximum atomic E-state index is 5.25. The monoisotopic (exact) mass is 282 g/mol. The second kappa shape index (κ2) is 4.80. The fourth-order valence-electron chi connectivity index (χ4n) is 3.42. The van der Waals surface area contributed by atoms with Crippen molar-refractivity contribution >= 4 is 0 Å². The van der Waals surface area contributed by atoms with Crippen LogP contribution in [0.4, 0.5) is 0 Å². The summed E-state index contributed by atoms with van der Waals surface area (Å²) < 4.78 is 10.5. The minimum Gasteiger partial charge on any atom is -0.497 e. The molecule has 21 heavy (non-hydrogen) atoms. The van der Waals surface area contributed by atoms with E-state index in [0.717, 1.165) is 11.5 Å². The molecule has 0 heterocycles.